The Morgan fingerprint density at radius 2 is 1.74 bits per heavy atom. The lowest BCUT2D eigenvalue weighted by Crippen LogP contribution is -2.40. The van der Waals surface area contributed by atoms with Crippen LogP contribution in [0.15, 0.2) is 81.2 Å². The molecule has 9 nitrogen and oxygen atoms in total. The molecule has 0 radical (unpaired) electrons. The maximum atomic E-state index is 14.3. The average molecular weight is 631 g/mol. The second-order valence-electron chi connectivity index (χ2n) is 9.71. The van der Waals surface area contributed by atoms with Gasteiger partial charge in [0, 0.05) is 29.2 Å². The average Bonchev–Trinajstić information content (AvgIpc) is 3.36. The molecule has 2 aromatic heterocycles. The molecule has 0 spiro atoms. The van der Waals surface area contributed by atoms with E-state index in [-0.39, 0.29) is 39.6 Å². The zero-order valence-electron chi connectivity index (χ0n) is 22.4. The molecule has 0 aliphatic heterocycles. The van der Waals surface area contributed by atoms with E-state index < -0.39 is 27.1 Å². The third-order valence-corrected chi connectivity index (χ3v) is 8.79. The van der Waals surface area contributed by atoms with Crippen molar-refractivity contribution in [2.24, 2.45) is 0 Å². The number of aryl methyl sites for hydroxylation is 1. The predicted molar refractivity (Wildman–Crippen MR) is 162 cm³/mol. The van der Waals surface area contributed by atoms with Crippen LogP contribution in [0.25, 0.3) is 11.2 Å². The van der Waals surface area contributed by atoms with E-state index >= 15 is 0 Å². The Morgan fingerprint density at radius 3 is 2.43 bits per heavy atom. The Morgan fingerprint density at radius 1 is 1.00 bits per heavy atom. The third-order valence-electron chi connectivity index (χ3n) is 6.69. The number of sulfonamides is 1. The molecule has 0 aliphatic rings. The van der Waals surface area contributed by atoms with Crippen LogP contribution in [0, 0.1) is 5.82 Å². The summed E-state index contributed by atoms with van der Waals surface area (Å²) in [5.41, 5.74) is 0.570. The molecule has 5 rings (SSSR count). The fourth-order valence-electron chi connectivity index (χ4n) is 4.54. The van der Waals surface area contributed by atoms with Gasteiger partial charge < -0.3 is 4.98 Å². The molecule has 218 valence electrons. The molecular weight excluding hydrogens is 604 g/mol. The fourth-order valence-corrected chi connectivity index (χ4v) is 6.37. The van der Waals surface area contributed by atoms with Gasteiger partial charge in [0.25, 0.3) is 15.6 Å². The summed E-state index contributed by atoms with van der Waals surface area (Å²) in [4.78, 5) is 34.2. The quantitative estimate of drug-likeness (QED) is 0.209. The molecule has 13 heteroatoms. The van der Waals surface area contributed by atoms with Crippen LogP contribution in [0.1, 0.15) is 36.7 Å². The molecule has 0 fully saturated rings. The minimum absolute atomic E-state index is 0.00174. The standard InChI is InChI=1S/C29H26Cl2FN5O4S/c1-2-3-14-36-27-26(28(38)37(29(36)39)17-19-6-4-5-7-23(19)32)33-25(34-27)15-18-8-11-21(12-9-18)35-42(40,41)24-13-10-20(30)16-22(24)31/h4-13,16,35H,2-3,14-15,17H2,1H3,(H,33,34). The molecule has 0 aliphatic carbocycles. The number of halogens is 3. The summed E-state index contributed by atoms with van der Waals surface area (Å²) >= 11 is 11.9. The van der Waals surface area contributed by atoms with Gasteiger partial charge in [-0.25, -0.2) is 22.6 Å². The normalized spacial score (nSPS) is 11.7. The molecule has 2 N–H and O–H groups in total. The first-order chi connectivity index (χ1) is 20.1. The highest BCUT2D eigenvalue weighted by molar-refractivity contribution is 7.92. The van der Waals surface area contributed by atoms with Crippen molar-refractivity contribution >= 4 is 50.1 Å². The number of benzene rings is 3. The topological polar surface area (TPSA) is 119 Å². The van der Waals surface area contributed by atoms with E-state index in [4.69, 9.17) is 23.2 Å². The van der Waals surface area contributed by atoms with E-state index in [1.807, 2.05) is 6.92 Å². The third kappa shape index (κ3) is 6.13. The van der Waals surface area contributed by atoms with Gasteiger partial charge in [0.1, 0.15) is 22.1 Å². The Kier molecular flexibility index (Phi) is 8.53. The first-order valence-corrected chi connectivity index (χ1v) is 15.3. The smallest absolute Gasteiger partial charge is 0.333 e. The summed E-state index contributed by atoms with van der Waals surface area (Å²) in [5, 5.41) is 0.321. The number of nitrogens with one attached hydrogen (secondary N) is 2. The van der Waals surface area contributed by atoms with Gasteiger partial charge in [-0.2, -0.15) is 0 Å². The molecule has 5 aromatic rings. The molecular formula is C29H26Cl2FN5O4S. The maximum Gasteiger partial charge on any atom is 0.333 e. The lowest BCUT2D eigenvalue weighted by molar-refractivity contribution is 0.553. The van der Waals surface area contributed by atoms with Crippen LogP contribution < -0.4 is 16.0 Å². The van der Waals surface area contributed by atoms with Gasteiger partial charge in [-0.15, -0.1) is 0 Å². The van der Waals surface area contributed by atoms with E-state index in [9.17, 15) is 22.4 Å². The highest BCUT2D eigenvalue weighted by Gasteiger charge is 2.20. The highest BCUT2D eigenvalue weighted by Crippen LogP contribution is 2.27. The second kappa shape index (κ2) is 12.1. The number of anilines is 1. The van der Waals surface area contributed by atoms with Gasteiger partial charge in [-0.05, 0) is 48.4 Å². The number of aromatic amines is 1. The Labute approximate surface area is 250 Å². The Bertz CT molecular complexity index is 2000. The van der Waals surface area contributed by atoms with Gasteiger partial charge in [-0.1, -0.05) is 66.9 Å². The minimum atomic E-state index is -3.95. The number of aromatic nitrogens is 4. The first-order valence-electron chi connectivity index (χ1n) is 13.1. The van der Waals surface area contributed by atoms with Crippen molar-refractivity contribution in [1.82, 2.24) is 19.1 Å². The number of hydrogen-bond donors (Lipinski definition) is 2. The fraction of sp³-hybridized carbons (Fsp3) is 0.207. The molecule has 3 aromatic carbocycles. The minimum Gasteiger partial charge on any atom is -0.336 e. The number of unbranched alkanes of at least 4 members (excludes halogenated alkanes) is 1. The Hall–Kier alpha value is -3.93. The van der Waals surface area contributed by atoms with Crippen LogP contribution in [0.5, 0.6) is 0 Å². The van der Waals surface area contributed by atoms with Crippen molar-refractivity contribution in [3.63, 3.8) is 0 Å². The number of imidazole rings is 1. The zero-order chi connectivity index (χ0) is 30.0. The van der Waals surface area contributed by atoms with Gasteiger partial charge in [0.15, 0.2) is 5.65 Å². The number of fused-ring (bicyclic) bond motifs is 1. The number of rotatable bonds is 10. The van der Waals surface area contributed by atoms with Crippen LogP contribution in [0.3, 0.4) is 0 Å². The largest absolute Gasteiger partial charge is 0.336 e. The van der Waals surface area contributed by atoms with E-state index in [2.05, 4.69) is 14.7 Å². The molecule has 0 unspecified atom stereocenters. The van der Waals surface area contributed by atoms with Gasteiger partial charge in [-0.3, -0.25) is 18.7 Å². The van der Waals surface area contributed by atoms with Crippen molar-refractivity contribution in [3.05, 3.63) is 120 Å². The summed E-state index contributed by atoms with van der Waals surface area (Å²) in [7, 11) is -3.95. The van der Waals surface area contributed by atoms with Crippen molar-refractivity contribution in [2.75, 3.05) is 4.72 Å². The molecule has 0 saturated heterocycles. The first kappa shape index (κ1) is 29.6. The predicted octanol–water partition coefficient (Wildman–Crippen LogP) is 5.57. The molecule has 2 heterocycles. The molecule has 0 atom stereocenters. The van der Waals surface area contributed by atoms with E-state index in [1.165, 1.54) is 34.9 Å². The van der Waals surface area contributed by atoms with Crippen LogP contribution in [0.4, 0.5) is 10.1 Å². The summed E-state index contributed by atoms with van der Waals surface area (Å²) in [6.07, 6.45) is 1.78. The van der Waals surface area contributed by atoms with Crippen LogP contribution in [-0.4, -0.2) is 27.5 Å². The summed E-state index contributed by atoms with van der Waals surface area (Å²) < 4.78 is 44.9. The van der Waals surface area contributed by atoms with Gasteiger partial charge >= 0.3 is 5.69 Å². The number of hydrogen-bond acceptors (Lipinski definition) is 5. The molecule has 42 heavy (non-hydrogen) atoms. The molecule has 0 amide bonds. The van der Waals surface area contributed by atoms with Crippen molar-refractivity contribution in [3.8, 4) is 0 Å². The van der Waals surface area contributed by atoms with Crippen LogP contribution in [-0.2, 0) is 29.5 Å². The molecule has 0 bridgehead atoms. The highest BCUT2D eigenvalue weighted by atomic mass is 35.5. The lowest BCUT2D eigenvalue weighted by atomic mass is 10.1. The van der Waals surface area contributed by atoms with Crippen molar-refractivity contribution in [2.45, 2.75) is 44.2 Å². The number of nitrogens with zero attached hydrogens (tertiary/aromatic N) is 3. The van der Waals surface area contributed by atoms with Crippen LogP contribution >= 0.6 is 23.2 Å². The van der Waals surface area contributed by atoms with E-state index in [1.54, 1.807) is 36.4 Å². The lowest BCUT2D eigenvalue weighted by Gasteiger charge is -2.11. The van der Waals surface area contributed by atoms with Crippen LogP contribution in [0.2, 0.25) is 10.0 Å². The van der Waals surface area contributed by atoms with E-state index in [0.29, 0.717) is 29.5 Å². The number of H-pyrrole nitrogens is 1. The van der Waals surface area contributed by atoms with Gasteiger partial charge in [0.2, 0.25) is 0 Å². The monoisotopic (exact) mass is 629 g/mol. The summed E-state index contributed by atoms with van der Waals surface area (Å²) in [5.74, 6) is -0.0621. The second-order valence-corrected chi connectivity index (χ2v) is 12.2. The van der Waals surface area contributed by atoms with Crippen molar-refractivity contribution in [1.29, 1.82) is 0 Å². The molecule has 0 saturated carbocycles. The maximum absolute atomic E-state index is 14.3. The zero-order valence-corrected chi connectivity index (χ0v) is 24.7. The summed E-state index contributed by atoms with van der Waals surface area (Å²) in [6, 6.07) is 16.8. The SMILES string of the molecule is CCCCn1c(=O)n(Cc2ccccc2F)c(=O)c2[nH]c(Cc3ccc(NS(=O)(=O)c4ccc(Cl)cc4Cl)cc3)nc21. The Balaban J connectivity index is 1.43. The van der Waals surface area contributed by atoms with Gasteiger partial charge in [0.05, 0.1) is 11.6 Å². The van der Waals surface area contributed by atoms with Crippen molar-refractivity contribution < 1.29 is 12.8 Å². The van der Waals surface area contributed by atoms with E-state index in [0.717, 1.165) is 16.6 Å². The summed E-state index contributed by atoms with van der Waals surface area (Å²) in [6.45, 7) is 2.13.